The fourth-order valence-corrected chi connectivity index (χ4v) is 3.60. The standard InChI is InChI=1S/C18H25N3O3/c1-12-9-14-15(10-19-17(14)22)20-16(12)21-7-3-13(4-8-21)24-11-18(23-2)5-6-18/h9,13H,3-8,10-11H2,1-2H3,(H,19,22). The molecule has 6 heteroatoms. The molecule has 24 heavy (non-hydrogen) atoms. The van der Waals surface area contributed by atoms with E-state index in [0.29, 0.717) is 12.6 Å². The highest BCUT2D eigenvalue weighted by molar-refractivity contribution is 5.98. The van der Waals surface area contributed by atoms with Crippen molar-refractivity contribution in [3.8, 4) is 0 Å². The number of methoxy groups -OCH3 is 1. The van der Waals surface area contributed by atoms with Gasteiger partial charge < -0.3 is 19.7 Å². The molecule has 2 aliphatic heterocycles. The molecular formula is C18H25N3O3. The van der Waals surface area contributed by atoms with Crippen LogP contribution in [0.25, 0.3) is 0 Å². The van der Waals surface area contributed by atoms with Gasteiger partial charge in [-0.2, -0.15) is 0 Å². The van der Waals surface area contributed by atoms with Crippen LogP contribution in [-0.2, 0) is 16.0 Å². The lowest BCUT2D eigenvalue weighted by atomic mass is 10.1. The summed E-state index contributed by atoms with van der Waals surface area (Å²) in [5.74, 6) is 1.01. The van der Waals surface area contributed by atoms with E-state index in [1.165, 1.54) is 0 Å². The first-order valence-corrected chi connectivity index (χ1v) is 8.81. The molecule has 0 aromatic carbocycles. The van der Waals surface area contributed by atoms with Gasteiger partial charge in [-0.3, -0.25) is 4.79 Å². The first-order chi connectivity index (χ1) is 11.6. The molecular weight excluding hydrogens is 306 g/mol. The Labute approximate surface area is 142 Å². The summed E-state index contributed by atoms with van der Waals surface area (Å²) in [7, 11) is 1.78. The Kier molecular flexibility index (Phi) is 3.96. The molecule has 1 N–H and O–H groups in total. The predicted molar refractivity (Wildman–Crippen MR) is 90.3 cm³/mol. The van der Waals surface area contributed by atoms with Crippen molar-refractivity contribution in [2.45, 2.75) is 50.9 Å². The third kappa shape index (κ3) is 2.89. The Morgan fingerprint density at radius 2 is 2.12 bits per heavy atom. The Morgan fingerprint density at radius 3 is 2.79 bits per heavy atom. The molecule has 1 saturated heterocycles. The molecule has 130 valence electrons. The molecule has 4 rings (SSSR count). The first-order valence-electron chi connectivity index (χ1n) is 8.81. The van der Waals surface area contributed by atoms with E-state index in [0.717, 1.165) is 68.0 Å². The average molecular weight is 331 g/mol. The smallest absolute Gasteiger partial charge is 0.253 e. The average Bonchev–Trinajstić information content (AvgIpc) is 3.31. The summed E-state index contributed by atoms with van der Waals surface area (Å²) in [6.07, 6.45) is 4.57. The maximum absolute atomic E-state index is 11.7. The van der Waals surface area contributed by atoms with Gasteiger partial charge in [0.2, 0.25) is 0 Å². The Hall–Kier alpha value is -1.66. The molecule has 1 aromatic rings. The van der Waals surface area contributed by atoms with Gasteiger partial charge >= 0.3 is 0 Å². The number of carbonyl (C=O) groups excluding carboxylic acids is 1. The van der Waals surface area contributed by atoms with Crippen molar-refractivity contribution in [2.75, 3.05) is 31.7 Å². The number of hydrogen-bond acceptors (Lipinski definition) is 5. The van der Waals surface area contributed by atoms with Gasteiger partial charge in [0.15, 0.2) is 0 Å². The van der Waals surface area contributed by atoms with Crippen LogP contribution >= 0.6 is 0 Å². The second-order valence-corrected chi connectivity index (χ2v) is 7.19. The lowest BCUT2D eigenvalue weighted by molar-refractivity contribution is -0.0475. The fourth-order valence-electron chi connectivity index (χ4n) is 3.60. The molecule has 0 spiro atoms. The highest BCUT2D eigenvalue weighted by Gasteiger charge is 2.44. The SMILES string of the molecule is COC1(COC2CCN(c3nc4c(cc3C)C(=O)NC4)CC2)CC1. The van der Waals surface area contributed by atoms with Crippen LogP contribution in [0.4, 0.5) is 5.82 Å². The van der Waals surface area contributed by atoms with Gasteiger partial charge in [-0.05, 0) is 44.2 Å². The number of ether oxygens (including phenoxy) is 2. The quantitative estimate of drug-likeness (QED) is 0.891. The summed E-state index contributed by atoms with van der Waals surface area (Å²) in [6, 6.07) is 1.97. The summed E-state index contributed by atoms with van der Waals surface area (Å²) in [4.78, 5) is 18.8. The Morgan fingerprint density at radius 1 is 1.38 bits per heavy atom. The molecule has 1 saturated carbocycles. The van der Waals surface area contributed by atoms with Crippen molar-refractivity contribution in [2.24, 2.45) is 0 Å². The number of carbonyl (C=O) groups is 1. The van der Waals surface area contributed by atoms with Crippen LogP contribution in [0.5, 0.6) is 0 Å². The molecule has 1 aromatic heterocycles. The van der Waals surface area contributed by atoms with Gasteiger partial charge in [-0.1, -0.05) is 0 Å². The van der Waals surface area contributed by atoms with Crippen molar-refractivity contribution in [1.29, 1.82) is 0 Å². The van der Waals surface area contributed by atoms with Crippen molar-refractivity contribution >= 4 is 11.7 Å². The van der Waals surface area contributed by atoms with E-state index in [2.05, 4.69) is 10.2 Å². The molecule has 0 radical (unpaired) electrons. The van der Waals surface area contributed by atoms with Crippen LogP contribution in [-0.4, -0.2) is 49.4 Å². The number of pyridine rings is 1. The number of fused-ring (bicyclic) bond motifs is 1. The topological polar surface area (TPSA) is 63.7 Å². The van der Waals surface area contributed by atoms with Crippen LogP contribution in [0.1, 0.15) is 47.3 Å². The van der Waals surface area contributed by atoms with Gasteiger partial charge in [-0.25, -0.2) is 4.98 Å². The van der Waals surface area contributed by atoms with Gasteiger partial charge in [0, 0.05) is 20.2 Å². The maximum atomic E-state index is 11.7. The summed E-state index contributed by atoms with van der Waals surface area (Å²) in [6.45, 7) is 5.18. The molecule has 3 heterocycles. The van der Waals surface area contributed by atoms with Crippen LogP contribution in [0.15, 0.2) is 6.07 Å². The molecule has 0 atom stereocenters. The molecule has 0 unspecified atom stereocenters. The first kappa shape index (κ1) is 15.8. The third-order valence-electron chi connectivity index (χ3n) is 5.49. The monoisotopic (exact) mass is 331 g/mol. The highest BCUT2D eigenvalue weighted by atomic mass is 16.5. The second-order valence-electron chi connectivity index (χ2n) is 7.19. The largest absolute Gasteiger partial charge is 0.376 e. The van der Waals surface area contributed by atoms with Crippen LogP contribution in [0, 0.1) is 6.92 Å². The van der Waals surface area contributed by atoms with Gasteiger partial charge in [0.25, 0.3) is 5.91 Å². The van der Waals surface area contributed by atoms with Crippen LogP contribution in [0.3, 0.4) is 0 Å². The number of piperidine rings is 1. The Balaban J connectivity index is 1.37. The molecule has 3 aliphatic rings. The van der Waals surface area contributed by atoms with Crippen molar-refractivity contribution in [3.63, 3.8) is 0 Å². The highest BCUT2D eigenvalue weighted by Crippen LogP contribution is 2.39. The van der Waals surface area contributed by atoms with Crippen molar-refractivity contribution in [1.82, 2.24) is 10.3 Å². The van der Waals surface area contributed by atoms with E-state index in [4.69, 9.17) is 14.5 Å². The summed E-state index contributed by atoms with van der Waals surface area (Å²) in [5, 5.41) is 2.84. The number of rotatable bonds is 5. The fraction of sp³-hybridized carbons (Fsp3) is 0.667. The molecule has 2 fully saturated rings. The van der Waals surface area contributed by atoms with E-state index in [1.807, 2.05) is 13.0 Å². The van der Waals surface area contributed by atoms with E-state index >= 15 is 0 Å². The maximum Gasteiger partial charge on any atom is 0.253 e. The normalized spacial score (nSPS) is 22.4. The van der Waals surface area contributed by atoms with Crippen molar-refractivity contribution < 1.29 is 14.3 Å². The summed E-state index contributed by atoms with van der Waals surface area (Å²) < 4.78 is 11.6. The van der Waals surface area contributed by atoms with E-state index in [9.17, 15) is 4.79 Å². The number of anilines is 1. The molecule has 6 nitrogen and oxygen atoms in total. The van der Waals surface area contributed by atoms with E-state index < -0.39 is 0 Å². The van der Waals surface area contributed by atoms with Gasteiger partial charge in [0.1, 0.15) is 5.82 Å². The molecule has 1 aliphatic carbocycles. The molecule has 1 amide bonds. The zero-order valence-electron chi connectivity index (χ0n) is 14.4. The summed E-state index contributed by atoms with van der Waals surface area (Å²) >= 11 is 0. The number of amides is 1. The van der Waals surface area contributed by atoms with Crippen molar-refractivity contribution in [3.05, 3.63) is 22.9 Å². The van der Waals surface area contributed by atoms with Crippen LogP contribution < -0.4 is 10.2 Å². The Bertz CT molecular complexity index is 649. The van der Waals surface area contributed by atoms with Crippen LogP contribution in [0.2, 0.25) is 0 Å². The third-order valence-corrected chi connectivity index (χ3v) is 5.49. The number of nitrogens with zero attached hydrogens (tertiary/aromatic N) is 2. The number of nitrogens with one attached hydrogen (secondary N) is 1. The number of aryl methyl sites for hydroxylation is 1. The van der Waals surface area contributed by atoms with E-state index in [1.54, 1.807) is 7.11 Å². The minimum atomic E-state index is -0.00796. The van der Waals surface area contributed by atoms with Gasteiger partial charge in [0.05, 0.1) is 36.1 Å². The lowest BCUT2D eigenvalue weighted by Gasteiger charge is -2.34. The van der Waals surface area contributed by atoms with Gasteiger partial charge in [-0.15, -0.1) is 0 Å². The zero-order valence-corrected chi connectivity index (χ0v) is 14.4. The summed E-state index contributed by atoms with van der Waals surface area (Å²) in [5.41, 5.74) is 2.68. The number of hydrogen-bond donors (Lipinski definition) is 1. The number of aromatic nitrogens is 1. The molecule has 0 bridgehead atoms. The second kappa shape index (κ2) is 6.01. The zero-order chi connectivity index (χ0) is 16.7. The predicted octanol–water partition coefficient (Wildman–Crippen LogP) is 1.80. The minimum Gasteiger partial charge on any atom is -0.376 e. The lowest BCUT2D eigenvalue weighted by Crippen LogP contribution is -2.39. The minimum absolute atomic E-state index is 0.00796. The van der Waals surface area contributed by atoms with E-state index in [-0.39, 0.29) is 11.5 Å².